The fourth-order valence-corrected chi connectivity index (χ4v) is 4.73. The quantitative estimate of drug-likeness (QED) is 0.167. The third kappa shape index (κ3) is 6.02. The van der Waals surface area contributed by atoms with Gasteiger partial charge in [0.2, 0.25) is 0 Å². The lowest BCUT2D eigenvalue weighted by Gasteiger charge is -2.14. The van der Waals surface area contributed by atoms with E-state index in [9.17, 15) is 14.7 Å². The number of carboxylic acid groups (broad SMARTS) is 1. The van der Waals surface area contributed by atoms with Gasteiger partial charge in [0, 0.05) is 17.6 Å². The van der Waals surface area contributed by atoms with Crippen molar-refractivity contribution < 1.29 is 24.2 Å². The number of carbonyl (C=O) groups is 2. The van der Waals surface area contributed by atoms with Gasteiger partial charge < -0.3 is 14.6 Å². The maximum absolute atomic E-state index is 13.8. The lowest BCUT2D eigenvalue weighted by atomic mass is 9.89. The fraction of sp³-hybridized carbons (Fsp3) is 0.0968. The molecule has 0 radical (unpaired) electrons. The third-order valence-corrected chi connectivity index (χ3v) is 6.79. The minimum absolute atomic E-state index is 0.0740. The summed E-state index contributed by atoms with van der Waals surface area (Å²) in [6.07, 6.45) is 0.110. The number of nitrogens with zero attached hydrogens (tertiary/aromatic N) is 2. The monoisotopic (exact) mass is 536 g/mol. The highest BCUT2D eigenvalue weighted by molar-refractivity contribution is 7.00. The van der Waals surface area contributed by atoms with E-state index in [0.29, 0.717) is 40.3 Å². The van der Waals surface area contributed by atoms with Gasteiger partial charge >= 0.3 is 5.97 Å². The van der Waals surface area contributed by atoms with Crippen LogP contribution >= 0.6 is 11.7 Å². The average molecular weight is 537 g/mol. The molecule has 8 heteroatoms. The number of carboxylic acids is 1. The molecule has 0 fully saturated rings. The van der Waals surface area contributed by atoms with Crippen molar-refractivity contribution in [1.82, 2.24) is 8.75 Å². The molecule has 0 aliphatic rings. The van der Waals surface area contributed by atoms with Gasteiger partial charge in [-0.2, -0.15) is 8.75 Å². The van der Waals surface area contributed by atoms with Crippen LogP contribution in [0.3, 0.4) is 0 Å². The Morgan fingerprint density at radius 3 is 2.13 bits per heavy atom. The van der Waals surface area contributed by atoms with Crippen molar-refractivity contribution in [3.63, 3.8) is 0 Å². The molecule has 1 aromatic heterocycles. The van der Waals surface area contributed by atoms with Crippen LogP contribution in [0.1, 0.15) is 27.0 Å². The number of fused-ring (bicyclic) bond motifs is 1. The summed E-state index contributed by atoms with van der Waals surface area (Å²) in [5.41, 5.74) is 3.91. The largest absolute Gasteiger partial charge is 0.497 e. The van der Waals surface area contributed by atoms with Crippen LogP contribution in [-0.4, -0.2) is 32.7 Å². The maximum Gasteiger partial charge on any atom is 0.336 e. The number of benzene rings is 4. The van der Waals surface area contributed by atoms with Crippen molar-refractivity contribution in [3.05, 3.63) is 125 Å². The second-order valence-electron chi connectivity index (χ2n) is 8.78. The average Bonchev–Trinajstić information content (AvgIpc) is 3.45. The van der Waals surface area contributed by atoms with E-state index in [2.05, 4.69) is 8.75 Å². The van der Waals surface area contributed by atoms with Crippen molar-refractivity contribution in [2.45, 2.75) is 13.0 Å². The van der Waals surface area contributed by atoms with Crippen LogP contribution in [0.4, 0.5) is 0 Å². The lowest BCUT2D eigenvalue weighted by Crippen LogP contribution is -2.14. The molecule has 1 heterocycles. The number of methoxy groups -OCH3 is 1. The van der Waals surface area contributed by atoms with Gasteiger partial charge in [-0.15, -0.1) is 0 Å². The maximum atomic E-state index is 13.8. The van der Waals surface area contributed by atoms with Crippen LogP contribution in [0.2, 0.25) is 0 Å². The summed E-state index contributed by atoms with van der Waals surface area (Å²) < 4.78 is 19.5. The number of aromatic nitrogens is 2. The van der Waals surface area contributed by atoms with Crippen LogP contribution in [0.15, 0.2) is 103 Å². The number of allylic oxidation sites excluding steroid dienone is 1. The smallest absolute Gasteiger partial charge is 0.336 e. The Kier molecular flexibility index (Phi) is 7.75. The normalized spacial score (nSPS) is 11.6. The third-order valence-electron chi connectivity index (χ3n) is 6.24. The van der Waals surface area contributed by atoms with E-state index in [-0.39, 0.29) is 23.4 Å². The summed E-state index contributed by atoms with van der Waals surface area (Å²) in [7, 11) is 1.54. The van der Waals surface area contributed by atoms with Crippen LogP contribution in [-0.2, 0) is 17.8 Å². The predicted molar refractivity (Wildman–Crippen MR) is 150 cm³/mol. The number of hydrogen-bond acceptors (Lipinski definition) is 7. The minimum Gasteiger partial charge on any atom is -0.497 e. The molecule has 194 valence electrons. The Morgan fingerprint density at radius 1 is 0.769 bits per heavy atom. The van der Waals surface area contributed by atoms with Gasteiger partial charge in [-0.25, -0.2) is 4.79 Å². The first kappa shape index (κ1) is 25.8. The summed E-state index contributed by atoms with van der Waals surface area (Å²) in [5, 5.41) is 10.3. The number of hydrogen-bond donors (Lipinski definition) is 1. The second kappa shape index (κ2) is 11.7. The van der Waals surface area contributed by atoms with Gasteiger partial charge in [-0.05, 0) is 65.2 Å². The predicted octanol–water partition coefficient (Wildman–Crippen LogP) is 6.24. The van der Waals surface area contributed by atoms with Gasteiger partial charge in [0.15, 0.2) is 5.78 Å². The Hall–Kier alpha value is -4.82. The highest BCUT2D eigenvalue weighted by Crippen LogP contribution is 2.29. The zero-order valence-electron chi connectivity index (χ0n) is 21.0. The fourth-order valence-electron chi connectivity index (χ4n) is 4.21. The van der Waals surface area contributed by atoms with Gasteiger partial charge in [0.05, 0.1) is 24.4 Å². The first-order valence-electron chi connectivity index (χ1n) is 12.2. The molecule has 5 rings (SSSR count). The van der Waals surface area contributed by atoms with E-state index in [1.54, 1.807) is 49.6 Å². The minimum atomic E-state index is -1.20. The highest BCUT2D eigenvalue weighted by Gasteiger charge is 2.24. The standard InChI is InChI=1S/C31H24N2O5S/c1-37-24-14-9-22(10-15-24)30(34)26(29(31(35)36)23-11-16-27-28(18-23)33-39-32-27)17-20-7-12-25(13-8-20)38-19-21-5-3-2-4-6-21/h2-16,18H,17,19H2,1H3,(H,35,36)/b29-26+. The molecular weight excluding hydrogens is 512 g/mol. The van der Waals surface area contributed by atoms with Crippen molar-refractivity contribution in [3.8, 4) is 11.5 Å². The van der Waals surface area contributed by atoms with Crippen LogP contribution < -0.4 is 9.47 Å². The Labute approximate surface area is 229 Å². The summed E-state index contributed by atoms with van der Waals surface area (Å²) in [6, 6.07) is 28.8. The summed E-state index contributed by atoms with van der Waals surface area (Å²) in [6.45, 7) is 0.429. The first-order valence-corrected chi connectivity index (χ1v) is 12.9. The van der Waals surface area contributed by atoms with Gasteiger partial charge in [-0.1, -0.05) is 48.5 Å². The zero-order valence-corrected chi connectivity index (χ0v) is 21.9. The van der Waals surface area contributed by atoms with Gasteiger partial charge in [0.25, 0.3) is 0 Å². The number of Topliss-reactive ketones (excluding diaryl/α,β-unsaturated/α-hetero) is 1. The molecule has 0 aliphatic heterocycles. The molecule has 0 aliphatic carbocycles. The van der Waals surface area contributed by atoms with E-state index >= 15 is 0 Å². The number of aliphatic carboxylic acids is 1. The molecule has 0 atom stereocenters. The topological polar surface area (TPSA) is 98.6 Å². The SMILES string of the molecule is COc1ccc(C(=O)/C(Cc2ccc(OCc3ccccc3)cc2)=C(/C(=O)O)c2ccc3nsnc3c2)cc1. The van der Waals surface area contributed by atoms with E-state index < -0.39 is 5.97 Å². The van der Waals surface area contributed by atoms with E-state index in [1.807, 2.05) is 54.6 Å². The van der Waals surface area contributed by atoms with E-state index in [4.69, 9.17) is 9.47 Å². The Morgan fingerprint density at radius 2 is 1.44 bits per heavy atom. The molecule has 0 amide bonds. The van der Waals surface area contributed by atoms with Crippen molar-refractivity contribution in [2.75, 3.05) is 7.11 Å². The Bertz CT molecular complexity index is 1640. The number of rotatable bonds is 10. The summed E-state index contributed by atoms with van der Waals surface area (Å²) in [5.74, 6) is -0.300. The first-order chi connectivity index (χ1) is 19.0. The van der Waals surface area contributed by atoms with Gasteiger partial charge in [-0.3, -0.25) is 4.79 Å². The molecule has 0 spiro atoms. The van der Waals surface area contributed by atoms with E-state index in [1.165, 1.54) is 0 Å². The number of ketones is 1. The number of ether oxygens (including phenoxy) is 2. The molecule has 39 heavy (non-hydrogen) atoms. The molecule has 1 N–H and O–H groups in total. The van der Waals surface area contributed by atoms with Crippen LogP contribution in [0, 0.1) is 0 Å². The summed E-state index contributed by atoms with van der Waals surface area (Å²) >= 11 is 1.05. The van der Waals surface area contributed by atoms with Crippen molar-refractivity contribution in [2.24, 2.45) is 0 Å². The summed E-state index contributed by atoms with van der Waals surface area (Å²) in [4.78, 5) is 26.4. The molecule has 0 saturated heterocycles. The van der Waals surface area contributed by atoms with Crippen molar-refractivity contribution >= 4 is 40.1 Å². The molecule has 7 nitrogen and oxygen atoms in total. The molecule has 5 aromatic rings. The molecule has 0 bridgehead atoms. The van der Waals surface area contributed by atoms with Crippen LogP contribution in [0.25, 0.3) is 16.6 Å². The molecule has 0 saturated carbocycles. The van der Waals surface area contributed by atoms with Crippen LogP contribution in [0.5, 0.6) is 11.5 Å². The lowest BCUT2D eigenvalue weighted by molar-refractivity contribution is -0.130. The van der Waals surface area contributed by atoms with Gasteiger partial charge in [0.1, 0.15) is 29.1 Å². The van der Waals surface area contributed by atoms with Crippen molar-refractivity contribution in [1.29, 1.82) is 0 Å². The zero-order chi connectivity index (χ0) is 27.2. The molecular formula is C31H24N2O5S. The van der Waals surface area contributed by atoms with E-state index in [0.717, 1.165) is 22.9 Å². The molecule has 0 unspecified atom stereocenters. The molecule has 4 aromatic carbocycles. The second-order valence-corrected chi connectivity index (χ2v) is 9.31. The Balaban J connectivity index is 1.50. The number of carbonyl (C=O) groups excluding carboxylic acids is 1. The highest BCUT2D eigenvalue weighted by atomic mass is 32.1.